The average Bonchev–Trinajstić information content (AvgIpc) is 2.44. The van der Waals surface area contributed by atoms with Gasteiger partial charge in [-0.2, -0.15) is 0 Å². The van der Waals surface area contributed by atoms with E-state index in [9.17, 15) is 4.79 Å². The Morgan fingerprint density at radius 3 is 2.95 bits per heavy atom. The number of rotatable bonds is 5. The Balaban J connectivity index is 2.55. The highest BCUT2D eigenvalue weighted by atomic mass is 16.5. The first-order chi connectivity index (χ1) is 9.27. The third-order valence-electron chi connectivity index (χ3n) is 2.56. The first-order valence-electron chi connectivity index (χ1n) is 6.05. The van der Waals surface area contributed by atoms with Gasteiger partial charge < -0.3 is 10.1 Å². The molecule has 0 bridgehead atoms. The summed E-state index contributed by atoms with van der Waals surface area (Å²) in [6, 6.07) is 7.49. The summed E-state index contributed by atoms with van der Waals surface area (Å²) in [6.45, 7) is 6.23. The van der Waals surface area contributed by atoms with Crippen LogP contribution < -0.4 is 5.32 Å². The molecule has 5 nitrogen and oxygen atoms in total. The molecule has 98 valence electrons. The van der Waals surface area contributed by atoms with Gasteiger partial charge in [-0.25, -0.2) is 4.79 Å². The molecular weight excluding hydrogens is 242 g/mol. The minimum absolute atomic E-state index is 0.197. The summed E-state index contributed by atoms with van der Waals surface area (Å²) in [6.07, 6.45) is 1.71. The van der Waals surface area contributed by atoms with E-state index in [2.05, 4.69) is 22.1 Å². The standard InChI is InChI=1S/C14H15N3O2/c1-3-9-15-12-10-7-5-6-8-11(10)16-17-13(12)14(18)19-4-2/h3,5-8H,1,4,9H2,2H3,(H,15,16). The number of benzene rings is 1. The van der Waals surface area contributed by atoms with E-state index in [1.807, 2.05) is 24.3 Å². The summed E-state index contributed by atoms with van der Waals surface area (Å²) in [5.74, 6) is -0.479. The first-order valence-corrected chi connectivity index (χ1v) is 6.05. The van der Waals surface area contributed by atoms with E-state index in [4.69, 9.17) is 4.74 Å². The predicted octanol–water partition coefficient (Wildman–Crippen LogP) is 2.40. The van der Waals surface area contributed by atoms with Crippen molar-refractivity contribution in [3.05, 3.63) is 42.6 Å². The summed E-state index contributed by atoms with van der Waals surface area (Å²) in [7, 11) is 0. The smallest absolute Gasteiger partial charge is 0.361 e. The van der Waals surface area contributed by atoms with Crippen LogP contribution in [0.4, 0.5) is 5.69 Å². The molecule has 0 unspecified atom stereocenters. The van der Waals surface area contributed by atoms with Crippen molar-refractivity contribution in [1.82, 2.24) is 10.2 Å². The number of esters is 1. The van der Waals surface area contributed by atoms with Crippen molar-refractivity contribution in [2.24, 2.45) is 0 Å². The van der Waals surface area contributed by atoms with Crippen molar-refractivity contribution in [1.29, 1.82) is 0 Å². The molecule has 0 aliphatic rings. The van der Waals surface area contributed by atoms with Crippen LogP contribution in [0.5, 0.6) is 0 Å². The summed E-state index contributed by atoms with van der Waals surface area (Å²) < 4.78 is 4.99. The molecule has 0 fully saturated rings. The Labute approximate surface area is 111 Å². The molecule has 0 saturated heterocycles. The Morgan fingerprint density at radius 2 is 2.21 bits per heavy atom. The number of hydrogen-bond donors (Lipinski definition) is 1. The third-order valence-corrected chi connectivity index (χ3v) is 2.56. The van der Waals surface area contributed by atoms with Crippen LogP contribution in [0.25, 0.3) is 10.9 Å². The summed E-state index contributed by atoms with van der Waals surface area (Å²) in [5.41, 5.74) is 1.55. The van der Waals surface area contributed by atoms with Crippen molar-refractivity contribution < 1.29 is 9.53 Å². The maximum atomic E-state index is 11.9. The number of carbonyl (C=O) groups is 1. The summed E-state index contributed by atoms with van der Waals surface area (Å²) in [5, 5.41) is 12.0. The van der Waals surface area contributed by atoms with Gasteiger partial charge in [0.25, 0.3) is 0 Å². The molecule has 1 aromatic carbocycles. The topological polar surface area (TPSA) is 64.1 Å². The zero-order valence-electron chi connectivity index (χ0n) is 10.7. The molecule has 19 heavy (non-hydrogen) atoms. The van der Waals surface area contributed by atoms with Gasteiger partial charge in [-0.1, -0.05) is 24.3 Å². The SMILES string of the molecule is C=CCNc1c(C(=O)OCC)nnc2ccccc12. The highest BCUT2D eigenvalue weighted by Crippen LogP contribution is 2.24. The quantitative estimate of drug-likeness (QED) is 0.658. The minimum atomic E-state index is -0.479. The number of nitrogens with zero attached hydrogens (tertiary/aromatic N) is 2. The number of ether oxygens (including phenoxy) is 1. The zero-order valence-corrected chi connectivity index (χ0v) is 10.7. The lowest BCUT2D eigenvalue weighted by Crippen LogP contribution is -2.13. The molecule has 2 rings (SSSR count). The maximum absolute atomic E-state index is 11.9. The van der Waals surface area contributed by atoms with Gasteiger partial charge in [0.2, 0.25) is 0 Å². The number of hydrogen-bond acceptors (Lipinski definition) is 5. The molecule has 5 heteroatoms. The molecule has 0 amide bonds. The lowest BCUT2D eigenvalue weighted by Gasteiger charge is -2.11. The van der Waals surface area contributed by atoms with Gasteiger partial charge in [-0.15, -0.1) is 16.8 Å². The second-order valence-electron chi connectivity index (χ2n) is 3.83. The number of anilines is 1. The number of carbonyl (C=O) groups excluding carboxylic acids is 1. The summed E-state index contributed by atoms with van der Waals surface area (Å²) in [4.78, 5) is 11.9. The monoisotopic (exact) mass is 257 g/mol. The Kier molecular flexibility index (Phi) is 4.07. The van der Waals surface area contributed by atoms with E-state index in [1.54, 1.807) is 13.0 Å². The Hall–Kier alpha value is -2.43. The van der Waals surface area contributed by atoms with E-state index < -0.39 is 5.97 Å². The molecule has 0 spiro atoms. The van der Waals surface area contributed by atoms with Gasteiger partial charge in [0.05, 0.1) is 17.8 Å². The molecule has 0 aliphatic heterocycles. The fourth-order valence-electron chi connectivity index (χ4n) is 1.75. The second-order valence-corrected chi connectivity index (χ2v) is 3.83. The number of fused-ring (bicyclic) bond motifs is 1. The van der Waals surface area contributed by atoms with E-state index in [1.165, 1.54) is 0 Å². The molecule has 0 atom stereocenters. The van der Waals surface area contributed by atoms with Crippen LogP contribution in [0.15, 0.2) is 36.9 Å². The molecule has 1 aromatic heterocycles. The van der Waals surface area contributed by atoms with Crippen LogP contribution in [0.3, 0.4) is 0 Å². The van der Waals surface area contributed by atoms with Crippen LogP contribution >= 0.6 is 0 Å². The lowest BCUT2D eigenvalue weighted by atomic mass is 10.1. The van der Waals surface area contributed by atoms with Crippen molar-refractivity contribution in [2.75, 3.05) is 18.5 Å². The fourth-order valence-corrected chi connectivity index (χ4v) is 1.75. The van der Waals surface area contributed by atoms with Crippen LogP contribution in [0.2, 0.25) is 0 Å². The van der Waals surface area contributed by atoms with E-state index in [0.717, 1.165) is 10.9 Å². The van der Waals surface area contributed by atoms with E-state index >= 15 is 0 Å². The van der Waals surface area contributed by atoms with E-state index in [0.29, 0.717) is 18.8 Å². The van der Waals surface area contributed by atoms with Gasteiger partial charge in [-0.05, 0) is 13.0 Å². The molecule has 2 aromatic rings. The highest BCUT2D eigenvalue weighted by Gasteiger charge is 2.17. The first kappa shape index (κ1) is 13.0. The second kappa shape index (κ2) is 5.95. The van der Waals surface area contributed by atoms with Crippen LogP contribution in [-0.4, -0.2) is 29.3 Å². The predicted molar refractivity (Wildman–Crippen MR) is 74.2 cm³/mol. The van der Waals surface area contributed by atoms with Crippen molar-refractivity contribution in [3.8, 4) is 0 Å². The molecular formula is C14H15N3O2. The van der Waals surface area contributed by atoms with E-state index in [-0.39, 0.29) is 5.69 Å². The average molecular weight is 257 g/mol. The van der Waals surface area contributed by atoms with Gasteiger partial charge in [0, 0.05) is 11.9 Å². The molecule has 0 aliphatic carbocycles. The number of aromatic nitrogens is 2. The third kappa shape index (κ3) is 2.70. The van der Waals surface area contributed by atoms with Gasteiger partial charge >= 0.3 is 5.97 Å². The minimum Gasteiger partial charge on any atom is -0.461 e. The molecule has 1 N–H and O–H groups in total. The highest BCUT2D eigenvalue weighted by molar-refractivity contribution is 6.03. The van der Waals surface area contributed by atoms with Crippen LogP contribution in [-0.2, 0) is 4.74 Å². The lowest BCUT2D eigenvalue weighted by molar-refractivity contribution is 0.0519. The number of nitrogens with one attached hydrogen (secondary N) is 1. The van der Waals surface area contributed by atoms with Crippen LogP contribution in [0, 0.1) is 0 Å². The molecule has 0 radical (unpaired) electrons. The van der Waals surface area contributed by atoms with Crippen molar-refractivity contribution >= 4 is 22.6 Å². The van der Waals surface area contributed by atoms with Gasteiger partial charge in [0.15, 0.2) is 5.69 Å². The Morgan fingerprint density at radius 1 is 1.42 bits per heavy atom. The maximum Gasteiger partial charge on any atom is 0.361 e. The summed E-state index contributed by atoms with van der Waals surface area (Å²) >= 11 is 0. The van der Waals surface area contributed by atoms with Gasteiger partial charge in [0.1, 0.15) is 0 Å². The Bertz CT molecular complexity index is 611. The fraction of sp³-hybridized carbons (Fsp3) is 0.214. The molecule has 1 heterocycles. The van der Waals surface area contributed by atoms with Gasteiger partial charge in [-0.3, -0.25) is 0 Å². The molecule has 0 saturated carbocycles. The van der Waals surface area contributed by atoms with Crippen LogP contribution in [0.1, 0.15) is 17.4 Å². The van der Waals surface area contributed by atoms with Crippen molar-refractivity contribution in [3.63, 3.8) is 0 Å². The van der Waals surface area contributed by atoms with Crippen molar-refractivity contribution in [2.45, 2.75) is 6.92 Å². The zero-order chi connectivity index (χ0) is 13.7. The normalized spacial score (nSPS) is 10.2. The largest absolute Gasteiger partial charge is 0.461 e.